The molecule has 1 fully saturated rings. The number of benzene rings is 1. The van der Waals surface area contributed by atoms with E-state index in [2.05, 4.69) is 6.92 Å². The van der Waals surface area contributed by atoms with Gasteiger partial charge in [-0.3, -0.25) is 0 Å². The fraction of sp³-hybridized carbons (Fsp3) is 0.571. The van der Waals surface area contributed by atoms with Crippen molar-refractivity contribution in [3.05, 3.63) is 29.8 Å². The quantitative estimate of drug-likeness (QED) is 0.784. The molecule has 1 heterocycles. The minimum atomic E-state index is -3.38. The van der Waals surface area contributed by atoms with Crippen LogP contribution < -0.4 is 0 Å². The molecule has 0 N–H and O–H groups in total. The minimum Gasteiger partial charge on any atom is -0.207 e. The molecule has 0 aromatic heterocycles. The molecular formula is C14H20ClNO2S. The lowest BCUT2D eigenvalue weighted by molar-refractivity contribution is 0.411. The second kappa shape index (κ2) is 6.25. The lowest BCUT2D eigenvalue weighted by Crippen LogP contribution is -2.36. The van der Waals surface area contributed by atoms with Crippen molar-refractivity contribution in [2.24, 2.45) is 0 Å². The maximum atomic E-state index is 12.5. The highest BCUT2D eigenvalue weighted by atomic mass is 35.5. The van der Waals surface area contributed by atoms with E-state index in [9.17, 15) is 8.42 Å². The number of hydrogen-bond acceptors (Lipinski definition) is 2. The first kappa shape index (κ1) is 14.8. The number of alkyl halides is 1. The Hall–Kier alpha value is -0.580. The summed E-state index contributed by atoms with van der Waals surface area (Å²) in [6.45, 7) is 2.69. The Balaban J connectivity index is 2.24. The van der Waals surface area contributed by atoms with Crippen molar-refractivity contribution in [1.29, 1.82) is 0 Å². The molecular weight excluding hydrogens is 282 g/mol. The van der Waals surface area contributed by atoms with Crippen LogP contribution in [-0.4, -0.2) is 31.2 Å². The molecule has 1 saturated heterocycles. The molecule has 0 radical (unpaired) electrons. The molecule has 1 unspecified atom stereocenters. The fourth-order valence-corrected chi connectivity index (χ4v) is 4.63. The summed E-state index contributed by atoms with van der Waals surface area (Å²) >= 11 is 5.86. The van der Waals surface area contributed by atoms with Gasteiger partial charge in [0, 0.05) is 18.5 Å². The molecule has 106 valence electrons. The average molecular weight is 302 g/mol. The maximum Gasteiger partial charge on any atom is 0.243 e. The molecule has 0 amide bonds. The number of rotatable bonds is 5. The molecule has 1 aromatic rings. The van der Waals surface area contributed by atoms with Gasteiger partial charge in [0.15, 0.2) is 0 Å². The first-order valence-corrected chi connectivity index (χ1v) is 8.73. The van der Waals surface area contributed by atoms with Gasteiger partial charge in [-0.25, -0.2) is 8.42 Å². The highest BCUT2D eigenvalue weighted by Gasteiger charge is 2.34. The summed E-state index contributed by atoms with van der Waals surface area (Å²) < 4.78 is 26.6. The molecule has 5 heteroatoms. The molecule has 3 nitrogen and oxygen atoms in total. The van der Waals surface area contributed by atoms with Crippen LogP contribution in [0.3, 0.4) is 0 Å². The summed E-state index contributed by atoms with van der Waals surface area (Å²) in [5, 5.41) is 0. The summed E-state index contributed by atoms with van der Waals surface area (Å²) in [5.74, 6) is 0.368. The number of aryl methyl sites for hydroxylation is 1. The van der Waals surface area contributed by atoms with E-state index in [-0.39, 0.29) is 6.04 Å². The van der Waals surface area contributed by atoms with Crippen LogP contribution in [0.4, 0.5) is 0 Å². The number of nitrogens with zero attached hydrogens (tertiary/aromatic N) is 1. The Kier molecular flexibility index (Phi) is 4.87. The van der Waals surface area contributed by atoms with Crippen LogP contribution >= 0.6 is 11.6 Å². The van der Waals surface area contributed by atoms with Gasteiger partial charge in [0.1, 0.15) is 0 Å². The van der Waals surface area contributed by atoms with Crippen LogP contribution in [0.15, 0.2) is 29.2 Å². The molecule has 1 aromatic carbocycles. The number of sulfonamides is 1. The highest BCUT2D eigenvalue weighted by molar-refractivity contribution is 7.89. The lowest BCUT2D eigenvalue weighted by atomic mass is 10.1. The SMILES string of the molecule is CCCc1ccc(S(=O)(=O)N2CCCC2CCl)cc1. The molecule has 0 aliphatic carbocycles. The third-order valence-corrected chi connectivity index (χ3v) is 5.89. The average Bonchev–Trinajstić information content (AvgIpc) is 2.89. The van der Waals surface area contributed by atoms with E-state index in [4.69, 9.17) is 11.6 Å². The van der Waals surface area contributed by atoms with E-state index < -0.39 is 10.0 Å². The smallest absolute Gasteiger partial charge is 0.207 e. The summed E-state index contributed by atoms with van der Waals surface area (Å²) in [4.78, 5) is 0.379. The summed E-state index contributed by atoms with van der Waals surface area (Å²) in [5.41, 5.74) is 1.18. The molecule has 2 rings (SSSR count). The first-order chi connectivity index (χ1) is 9.09. The Labute approximate surface area is 120 Å². The van der Waals surface area contributed by atoms with Gasteiger partial charge in [-0.05, 0) is 37.0 Å². The topological polar surface area (TPSA) is 37.4 Å². The standard InChI is InChI=1S/C14H20ClNO2S/c1-2-4-12-6-8-14(9-7-12)19(17,18)16-10-3-5-13(16)11-15/h6-9,13H,2-5,10-11H2,1H3. The largest absolute Gasteiger partial charge is 0.243 e. The van der Waals surface area contributed by atoms with Crippen molar-refractivity contribution in [3.63, 3.8) is 0 Å². The maximum absolute atomic E-state index is 12.5. The van der Waals surface area contributed by atoms with E-state index in [1.165, 1.54) is 5.56 Å². The normalized spacial score (nSPS) is 20.8. The Bertz CT molecular complexity index is 513. The number of hydrogen-bond donors (Lipinski definition) is 0. The van der Waals surface area contributed by atoms with Crippen molar-refractivity contribution in [2.75, 3.05) is 12.4 Å². The third kappa shape index (κ3) is 3.12. The monoisotopic (exact) mass is 301 g/mol. The van der Waals surface area contributed by atoms with Crippen molar-refractivity contribution in [1.82, 2.24) is 4.31 Å². The molecule has 1 atom stereocenters. The second-order valence-corrected chi connectivity index (χ2v) is 7.16. The van der Waals surface area contributed by atoms with E-state index in [1.54, 1.807) is 16.4 Å². The minimum absolute atomic E-state index is 0.0537. The first-order valence-electron chi connectivity index (χ1n) is 6.76. The van der Waals surface area contributed by atoms with E-state index in [0.717, 1.165) is 25.7 Å². The Morgan fingerprint density at radius 3 is 2.58 bits per heavy atom. The zero-order valence-electron chi connectivity index (χ0n) is 11.2. The second-order valence-electron chi connectivity index (χ2n) is 4.96. The van der Waals surface area contributed by atoms with Gasteiger partial charge in [0.05, 0.1) is 4.90 Å². The zero-order valence-corrected chi connectivity index (χ0v) is 12.8. The van der Waals surface area contributed by atoms with Crippen LogP contribution in [0.2, 0.25) is 0 Å². The van der Waals surface area contributed by atoms with Gasteiger partial charge in [-0.1, -0.05) is 25.5 Å². The van der Waals surface area contributed by atoms with Gasteiger partial charge in [-0.2, -0.15) is 4.31 Å². The fourth-order valence-electron chi connectivity index (χ4n) is 2.53. The predicted molar refractivity (Wildman–Crippen MR) is 78.1 cm³/mol. The van der Waals surface area contributed by atoms with Gasteiger partial charge in [-0.15, -0.1) is 11.6 Å². The summed E-state index contributed by atoms with van der Waals surface area (Å²) in [7, 11) is -3.38. The zero-order chi connectivity index (χ0) is 13.9. The molecule has 1 aliphatic heterocycles. The van der Waals surface area contributed by atoms with Crippen molar-refractivity contribution in [3.8, 4) is 0 Å². The van der Waals surface area contributed by atoms with E-state index >= 15 is 0 Å². The van der Waals surface area contributed by atoms with Crippen LogP contribution in [0.5, 0.6) is 0 Å². The molecule has 19 heavy (non-hydrogen) atoms. The molecule has 0 bridgehead atoms. The lowest BCUT2D eigenvalue weighted by Gasteiger charge is -2.22. The van der Waals surface area contributed by atoms with E-state index in [1.807, 2.05) is 12.1 Å². The van der Waals surface area contributed by atoms with Gasteiger partial charge in [0.25, 0.3) is 0 Å². The van der Waals surface area contributed by atoms with E-state index in [0.29, 0.717) is 17.3 Å². The molecule has 0 saturated carbocycles. The Morgan fingerprint density at radius 1 is 1.32 bits per heavy atom. The van der Waals surface area contributed by atoms with Crippen LogP contribution in [0.1, 0.15) is 31.7 Å². The van der Waals surface area contributed by atoms with Gasteiger partial charge in [0.2, 0.25) is 10.0 Å². The van der Waals surface area contributed by atoms with Gasteiger partial charge >= 0.3 is 0 Å². The molecule has 0 spiro atoms. The van der Waals surface area contributed by atoms with Crippen LogP contribution in [0, 0.1) is 0 Å². The van der Waals surface area contributed by atoms with Crippen molar-refractivity contribution >= 4 is 21.6 Å². The number of halogens is 1. The summed E-state index contributed by atoms with van der Waals surface area (Å²) in [6, 6.07) is 7.18. The van der Waals surface area contributed by atoms with Crippen LogP contribution in [0.25, 0.3) is 0 Å². The van der Waals surface area contributed by atoms with Crippen molar-refractivity contribution < 1.29 is 8.42 Å². The summed E-state index contributed by atoms with van der Waals surface area (Å²) in [6.07, 6.45) is 3.79. The molecule has 1 aliphatic rings. The third-order valence-electron chi connectivity index (χ3n) is 3.57. The predicted octanol–water partition coefficient (Wildman–Crippen LogP) is 3.03. The van der Waals surface area contributed by atoms with Crippen LogP contribution in [-0.2, 0) is 16.4 Å². The van der Waals surface area contributed by atoms with Gasteiger partial charge < -0.3 is 0 Å². The van der Waals surface area contributed by atoms with Crippen molar-refractivity contribution in [2.45, 2.75) is 43.5 Å². The Morgan fingerprint density at radius 2 is 2.00 bits per heavy atom. The highest BCUT2D eigenvalue weighted by Crippen LogP contribution is 2.26.